The quantitative estimate of drug-likeness (QED) is 0.0943. The molecular weight excluding hydrogens is 697 g/mol. The topological polar surface area (TPSA) is 173 Å². The van der Waals surface area contributed by atoms with Gasteiger partial charge in [0.2, 0.25) is 11.8 Å². The molecule has 0 aliphatic carbocycles. The number of anilines is 2. The molecule has 0 atom stereocenters. The van der Waals surface area contributed by atoms with Crippen LogP contribution in [0.2, 0.25) is 0 Å². The van der Waals surface area contributed by atoms with Gasteiger partial charge in [0.05, 0.1) is 20.9 Å². The molecule has 2 aromatic rings. The highest BCUT2D eigenvalue weighted by atomic mass is 32.2. The Kier molecular flexibility index (Phi) is 13.3. The zero-order valence-corrected chi connectivity index (χ0v) is 28.8. The van der Waals surface area contributed by atoms with E-state index in [0.717, 1.165) is 23.5 Å². The second kappa shape index (κ2) is 17.3. The van der Waals surface area contributed by atoms with Crippen LogP contribution in [0.3, 0.4) is 0 Å². The van der Waals surface area contributed by atoms with E-state index in [-0.39, 0.29) is 57.4 Å². The number of carbonyl (C=O) groups excluding carboxylic acids is 4. The first kappa shape index (κ1) is 36.7. The summed E-state index contributed by atoms with van der Waals surface area (Å²) in [5, 5.41) is 23.6. The number of thioether (sulfide) groups is 2. The average Bonchev–Trinajstić information content (AvgIpc) is 3.49. The molecule has 12 nitrogen and oxygen atoms in total. The minimum atomic E-state index is -1.08. The van der Waals surface area contributed by atoms with Crippen molar-refractivity contribution in [2.75, 3.05) is 23.7 Å². The monoisotopic (exact) mass is 728 g/mol. The number of amides is 4. The molecule has 0 saturated carbocycles. The predicted molar refractivity (Wildman–Crippen MR) is 192 cm³/mol. The molecule has 252 valence electrons. The maximum absolute atomic E-state index is 13.2. The summed E-state index contributed by atoms with van der Waals surface area (Å²) in [6.45, 7) is 0.685. The highest BCUT2D eigenvalue weighted by Crippen LogP contribution is 2.42. The van der Waals surface area contributed by atoms with Gasteiger partial charge in [0.25, 0.3) is 11.8 Å². The Hall–Kier alpha value is -4.12. The van der Waals surface area contributed by atoms with Gasteiger partial charge in [0, 0.05) is 37.3 Å². The summed E-state index contributed by atoms with van der Waals surface area (Å²) in [5.74, 6) is -3.33. The number of thiocarbonyl (C=S) groups is 2. The lowest BCUT2D eigenvalue weighted by molar-refractivity contribution is -0.124. The fourth-order valence-corrected chi connectivity index (χ4v) is 7.60. The van der Waals surface area contributed by atoms with Gasteiger partial charge in [-0.25, -0.2) is 9.59 Å². The molecule has 0 bridgehead atoms. The van der Waals surface area contributed by atoms with Crippen molar-refractivity contribution in [1.82, 2.24) is 9.80 Å². The van der Waals surface area contributed by atoms with Gasteiger partial charge >= 0.3 is 11.9 Å². The number of nitrogens with zero attached hydrogens (tertiary/aromatic N) is 2. The molecule has 16 heteroatoms. The van der Waals surface area contributed by atoms with Gasteiger partial charge in [-0.3, -0.25) is 29.0 Å². The zero-order chi connectivity index (χ0) is 34.8. The van der Waals surface area contributed by atoms with Crippen LogP contribution in [-0.4, -0.2) is 77.3 Å². The lowest BCUT2D eigenvalue weighted by Crippen LogP contribution is -2.31. The molecule has 2 fully saturated rings. The van der Waals surface area contributed by atoms with E-state index >= 15 is 0 Å². The summed E-state index contributed by atoms with van der Waals surface area (Å²) in [7, 11) is 0. The van der Waals surface area contributed by atoms with Crippen molar-refractivity contribution >= 4 is 104 Å². The normalized spacial score (nSPS) is 16.1. The molecule has 2 aromatic carbocycles. The number of aromatic carboxylic acids is 2. The summed E-state index contributed by atoms with van der Waals surface area (Å²) < 4.78 is 0.702. The second-order valence-corrected chi connectivity index (χ2v) is 14.1. The fourth-order valence-electron chi connectivity index (χ4n) is 4.83. The van der Waals surface area contributed by atoms with Crippen molar-refractivity contribution in [2.45, 2.75) is 51.4 Å². The number of carboxylic acid groups (broad SMARTS) is 2. The van der Waals surface area contributed by atoms with E-state index in [1.54, 1.807) is 24.3 Å². The highest BCUT2D eigenvalue weighted by Gasteiger charge is 2.41. The molecule has 0 spiro atoms. The molecule has 2 aliphatic rings. The van der Waals surface area contributed by atoms with E-state index in [1.807, 2.05) is 0 Å². The number of carbonyl (C=O) groups is 6. The fraction of sp³-hybridized carbons (Fsp3) is 0.312. The first-order valence-electron chi connectivity index (χ1n) is 15.0. The van der Waals surface area contributed by atoms with Gasteiger partial charge in [-0.2, -0.15) is 0 Å². The van der Waals surface area contributed by atoms with Crippen molar-refractivity contribution < 1.29 is 39.0 Å². The van der Waals surface area contributed by atoms with Crippen LogP contribution in [-0.2, 0) is 19.2 Å². The van der Waals surface area contributed by atoms with Gasteiger partial charge in [-0.05, 0) is 62.1 Å². The highest BCUT2D eigenvalue weighted by molar-refractivity contribution is 8.29. The van der Waals surface area contributed by atoms with Gasteiger partial charge in [0.15, 0.2) is 0 Å². The summed E-state index contributed by atoms with van der Waals surface area (Å²) in [6.07, 6.45) is 4.06. The maximum Gasteiger partial charge on any atom is 0.335 e. The van der Waals surface area contributed by atoms with E-state index in [4.69, 9.17) is 34.6 Å². The Bertz CT molecular complexity index is 1570. The number of hydrogen-bond donors (Lipinski definition) is 4. The van der Waals surface area contributed by atoms with Crippen LogP contribution in [0.1, 0.15) is 72.1 Å². The second-order valence-electron chi connectivity index (χ2n) is 10.8. The minimum Gasteiger partial charge on any atom is -0.478 e. The lowest BCUT2D eigenvalue weighted by atomic mass is 10.1. The number of unbranched alkanes of at least 4 members (excludes halogenated alkanes) is 4. The molecule has 2 aliphatic heterocycles. The van der Waals surface area contributed by atoms with Gasteiger partial charge < -0.3 is 20.8 Å². The first-order chi connectivity index (χ1) is 22.9. The number of carboxylic acids is 2. The van der Waals surface area contributed by atoms with E-state index in [1.165, 1.54) is 34.1 Å². The van der Waals surface area contributed by atoms with Gasteiger partial charge in [0.1, 0.15) is 8.64 Å². The molecule has 0 aromatic heterocycles. The van der Waals surface area contributed by atoms with E-state index in [0.29, 0.717) is 71.6 Å². The van der Waals surface area contributed by atoms with Crippen LogP contribution in [0.25, 0.3) is 0 Å². The molecule has 0 unspecified atom stereocenters. The standard InChI is InChI=1S/C32H32N4O8S4/c37-23(33-21-11-7-9-19(17-21)29(41)42)13-3-1-5-15-35-27(39)25(47-31(35)45)26-28(40)36(32(46)48-26)16-6-2-4-14-24(38)34-22-12-8-10-20(18-22)30(43)44/h7-12,17-18H,1-6,13-16H2,(H,33,37)(H,34,38)(H,41,42)(H,43,44)/b26-25+. The van der Waals surface area contributed by atoms with Crippen molar-refractivity contribution in [1.29, 1.82) is 0 Å². The van der Waals surface area contributed by atoms with Crippen molar-refractivity contribution in [3.8, 4) is 0 Å². The van der Waals surface area contributed by atoms with Crippen LogP contribution in [0, 0.1) is 0 Å². The number of nitrogens with one attached hydrogen (secondary N) is 2. The Balaban J connectivity index is 1.17. The smallest absolute Gasteiger partial charge is 0.335 e. The predicted octanol–water partition coefficient (Wildman–Crippen LogP) is 5.71. The molecule has 4 rings (SSSR count). The molecule has 2 saturated heterocycles. The van der Waals surface area contributed by atoms with Crippen LogP contribution >= 0.6 is 48.0 Å². The molecular formula is C32H32N4O8S4. The zero-order valence-electron chi connectivity index (χ0n) is 25.6. The Morgan fingerprint density at radius 3 is 1.40 bits per heavy atom. The van der Waals surface area contributed by atoms with Crippen LogP contribution in [0.4, 0.5) is 11.4 Å². The molecule has 48 heavy (non-hydrogen) atoms. The lowest BCUT2D eigenvalue weighted by Gasteiger charge is -2.14. The van der Waals surface area contributed by atoms with E-state index in [9.17, 15) is 28.8 Å². The van der Waals surface area contributed by atoms with E-state index in [2.05, 4.69) is 10.6 Å². The van der Waals surface area contributed by atoms with Crippen LogP contribution in [0.5, 0.6) is 0 Å². The Morgan fingerprint density at radius 2 is 1.02 bits per heavy atom. The Morgan fingerprint density at radius 1 is 0.625 bits per heavy atom. The molecule has 4 amide bonds. The van der Waals surface area contributed by atoms with Crippen LogP contribution < -0.4 is 10.6 Å². The molecule has 2 heterocycles. The summed E-state index contributed by atoms with van der Waals surface area (Å²) in [4.78, 5) is 76.6. The molecule has 0 radical (unpaired) electrons. The van der Waals surface area contributed by atoms with Crippen molar-refractivity contribution in [3.63, 3.8) is 0 Å². The largest absolute Gasteiger partial charge is 0.478 e. The van der Waals surface area contributed by atoms with Crippen molar-refractivity contribution in [3.05, 3.63) is 69.5 Å². The third-order valence-corrected chi connectivity index (χ3v) is 10.3. The first-order valence-corrected chi connectivity index (χ1v) is 17.5. The number of benzene rings is 2. The van der Waals surface area contributed by atoms with Crippen molar-refractivity contribution in [2.24, 2.45) is 0 Å². The van der Waals surface area contributed by atoms with Crippen LogP contribution in [0.15, 0.2) is 58.3 Å². The van der Waals surface area contributed by atoms with Gasteiger partial charge in [-0.15, -0.1) is 0 Å². The number of rotatable bonds is 16. The SMILES string of the molecule is O=C(CCCCCN1C(=O)/C(=C2\SC(=S)N(CCCCCC(=O)Nc3cccc(C(=O)O)c3)C2=O)SC1=S)Nc1cccc(C(=O)O)c1. The third kappa shape index (κ3) is 9.95. The maximum atomic E-state index is 13.2. The summed E-state index contributed by atoms with van der Waals surface area (Å²) in [5.41, 5.74) is 0.981. The molecule has 4 N–H and O–H groups in total. The average molecular weight is 729 g/mol. The Labute approximate surface area is 295 Å². The minimum absolute atomic E-state index is 0.0816. The third-order valence-electron chi connectivity index (χ3n) is 7.26. The van der Waals surface area contributed by atoms with Gasteiger partial charge in [-0.1, -0.05) is 72.9 Å². The summed E-state index contributed by atoms with van der Waals surface area (Å²) in [6, 6.07) is 12.0. The van der Waals surface area contributed by atoms with E-state index < -0.39 is 11.9 Å². The number of hydrogen-bond acceptors (Lipinski definition) is 10. The summed E-state index contributed by atoms with van der Waals surface area (Å²) >= 11 is 13.0.